The second-order valence-electron chi connectivity index (χ2n) is 6.59. The van der Waals surface area contributed by atoms with Crippen LogP contribution in [0, 0.1) is 32.1 Å². The molecular formula is C20H23N3O5. The van der Waals surface area contributed by atoms with Gasteiger partial charge in [-0.05, 0) is 44.4 Å². The molecule has 148 valence electrons. The summed E-state index contributed by atoms with van der Waals surface area (Å²) in [6.45, 7) is 5.33. The first-order valence-electron chi connectivity index (χ1n) is 8.73. The lowest BCUT2D eigenvalue weighted by Crippen LogP contribution is -2.26. The summed E-state index contributed by atoms with van der Waals surface area (Å²) in [7, 11) is 2.94. The third-order valence-corrected chi connectivity index (χ3v) is 4.70. The van der Waals surface area contributed by atoms with Crippen molar-refractivity contribution in [2.24, 2.45) is 0 Å². The zero-order valence-corrected chi connectivity index (χ0v) is 16.6. The Hall–Kier alpha value is -3.34. The molecule has 0 spiro atoms. The summed E-state index contributed by atoms with van der Waals surface area (Å²) in [5.41, 5.74) is 2.04. The number of H-pyrrole nitrogens is 1. The fraction of sp³-hybridized carbons (Fsp3) is 0.400. The first-order chi connectivity index (χ1) is 13.2. The second kappa shape index (κ2) is 8.57. The maximum Gasteiger partial charge on any atom is 0.341 e. The van der Waals surface area contributed by atoms with Gasteiger partial charge in [0.15, 0.2) is 0 Å². The Morgan fingerprint density at radius 2 is 2.00 bits per heavy atom. The number of aryl methyl sites for hydroxylation is 2. The average Bonchev–Trinajstić information content (AvgIpc) is 3.00. The molecule has 2 aromatic rings. The minimum absolute atomic E-state index is 0.0720. The van der Waals surface area contributed by atoms with Gasteiger partial charge in [0.05, 0.1) is 13.7 Å². The number of carbonyl (C=O) groups is 2. The monoisotopic (exact) mass is 385 g/mol. The molecule has 0 saturated heterocycles. The highest BCUT2D eigenvalue weighted by molar-refractivity contribution is 5.90. The molecule has 0 aliphatic heterocycles. The van der Waals surface area contributed by atoms with Crippen LogP contribution in [0.5, 0.6) is 0 Å². The molecule has 0 atom stereocenters. The van der Waals surface area contributed by atoms with Gasteiger partial charge in [0.1, 0.15) is 28.7 Å². The third kappa shape index (κ3) is 4.31. The predicted molar refractivity (Wildman–Crippen MR) is 101 cm³/mol. The SMILES string of the molecule is COC(=O)c1cc(CN(C)C(=O)CCc2c(C)[nH]c(=O)c(C#N)c2C)oc1C. The van der Waals surface area contributed by atoms with Crippen LogP contribution in [0.3, 0.4) is 0 Å². The number of furan rings is 1. The third-order valence-electron chi connectivity index (χ3n) is 4.70. The van der Waals surface area contributed by atoms with E-state index in [-0.39, 0.29) is 24.4 Å². The molecule has 0 fully saturated rings. The molecule has 0 aliphatic carbocycles. The van der Waals surface area contributed by atoms with E-state index in [1.165, 1.54) is 12.0 Å². The molecule has 2 heterocycles. The van der Waals surface area contributed by atoms with Crippen LogP contribution in [-0.4, -0.2) is 35.9 Å². The Labute approximate surface area is 162 Å². The number of hydrogen-bond donors (Lipinski definition) is 1. The molecule has 8 heteroatoms. The number of ether oxygens (including phenoxy) is 1. The Morgan fingerprint density at radius 3 is 2.61 bits per heavy atom. The molecule has 0 bridgehead atoms. The number of pyridine rings is 1. The van der Waals surface area contributed by atoms with E-state index in [1.807, 2.05) is 6.07 Å². The Balaban J connectivity index is 2.07. The molecule has 0 aliphatic rings. The van der Waals surface area contributed by atoms with E-state index in [2.05, 4.69) is 4.98 Å². The molecule has 2 aromatic heterocycles. The van der Waals surface area contributed by atoms with E-state index in [1.54, 1.807) is 33.9 Å². The van der Waals surface area contributed by atoms with E-state index in [0.29, 0.717) is 34.8 Å². The number of methoxy groups -OCH3 is 1. The lowest BCUT2D eigenvalue weighted by atomic mass is 9.99. The van der Waals surface area contributed by atoms with Crippen molar-refractivity contribution in [3.63, 3.8) is 0 Å². The average molecular weight is 385 g/mol. The van der Waals surface area contributed by atoms with Crippen LogP contribution in [0.2, 0.25) is 0 Å². The number of aromatic nitrogens is 1. The normalized spacial score (nSPS) is 10.4. The lowest BCUT2D eigenvalue weighted by molar-refractivity contribution is -0.130. The number of nitrogens with one attached hydrogen (secondary N) is 1. The highest BCUT2D eigenvalue weighted by Gasteiger charge is 2.19. The van der Waals surface area contributed by atoms with E-state index in [4.69, 9.17) is 14.4 Å². The van der Waals surface area contributed by atoms with Crippen molar-refractivity contribution >= 4 is 11.9 Å². The molecule has 8 nitrogen and oxygen atoms in total. The van der Waals surface area contributed by atoms with Crippen LogP contribution in [0.4, 0.5) is 0 Å². The van der Waals surface area contributed by atoms with Crippen molar-refractivity contribution < 1.29 is 18.7 Å². The number of nitrogens with zero attached hydrogens (tertiary/aromatic N) is 2. The van der Waals surface area contributed by atoms with Gasteiger partial charge in [0, 0.05) is 19.2 Å². The van der Waals surface area contributed by atoms with E-state index in [0.717, 1.165) is 5.56 Å². The zero-order valence-electron chi connectivity index (χ0n) is 16.6. The fourth-order valence-corrected chi connectivity index (χ4v) is 3.10. The lowest BCUT2D eigenvalue weighted by Gasteiger charge is -2.17. The summed E-state index contributed by atoms with van der Waals surface area (Å²) in [6.07, 6.45) is 0.607. The standard InChI is InChI=1S/C20H23N3O5/c1-11-15(12(2)22-19(25)17(11)9-21)6-7-18(24)23(4)10-14-8-16(13(3)28-14)20(26)27-5/h8H,6-7,10H2,1-5H3,(H,22,25). The van der Waals surface area contributed by atoms with Gasteiger partial charge in [0.2, 0.25) is 5.91 Å². The van der Waals surface area contributed by atoms with Gasteiger partial charge in [-0.25, -0.2) is 4.79 Å². The topological polar surface area (TPSA) is 116 Å². The number of esters is 1. The number of aromatic amines is 1. The van der Waals surface area contributed by atoms with Crippen LogP contribution in [0.1, 0.15) is 50.7 Å². The summed E-state index contributed by atoms with van der Waals surface area (Å²) >= 11 is 0. The summed E-state index contributed by atoms with van der Waals surface area (Å²) in [5.74, 6) is 0.305. The maximum absolute atomic E-state index is 12.5. The Morgan fingerprint density at radius 1 is 1.32 bits per heavy atom. The summed E-state index contributed by atoms with van der Waals surface area (Å²) in [4.78, 5) is 40.1. The second-order valence-corrected chi connectivity index (χ2v) is 6.59. The van der Waals surface area contributed by atoms with Crippen molar-refractivity contribution in [3.8, 4) is 6.07 Å². The minimum atomic E-state index is -0.487. The van der Waals surface area contributed by atoms with Crippen molar-refractivity contribution in [2.75, 3.05) is 14.2 Å². The molecule has 0 unspecified atom stereocenters. The highest BCUT2D eigenvalue weighted by Crippen LogP contribution is 2.18. The fourth-order valence-electron chi connectivity index (χ4n) is 3.10. The molecule has 2 rings (SSSR count). The largest absolute Gasteiger partial charge is 0.465 e. The summed E-state index contributed by atoms with van der Waals surface area (Å²) in [6, 6.07) is 3.48. The zero-order chi connectivity index (χ0) is 21.0. The smallest absolute Gasteiger partial charge is 0.341 e. The Kier molecular flexibility index (Phi) is 6.41. The number of carbonyl (C=O) groups excluding carboxylic acids is 2. The van der Waals surface area contributed by atoms with Crippen molar-refractivity contribution in [3.05, 3.63) is 55.9 Å². The Bertz CT molecular complexity index is 1010. The quantitative estimate of drug-likeness (QED) is 0.762. The van der Waals surface area contributed by atoms with Gasteiger partial charge in [-0.3, -0.25) is 9.59 Å². The number of hydrogen-bond acceptors (Lipinski definition) is 6. The number of nitriles is 1. The van der Waals surface area contributed by atoms with Crippen LogP contribution >= 0.6 is 0 Å². The van der Waals surface area contributed by atoms with E-state index < -0.39 is 11.5 Å². The van der Waals surface area contributed by atoms with Crippen LogP contribution in [-0.2, 0) is 22.5 Å². The van der Waals surface area contributed by atoms with Gasteiger partial charge < -0.3 is 19.0 Å². The molecular weight excluding hydrogens is 362 g/mol. The van der Waals surface area contributed by atoms with Gasteiger partial charge in [-0.15, -0.1) is 0 Å². The predicted octanol–water partition coefficient (Wildman–Crippen LogP) is 2.14. The van der Waals surface area contributed by atoms with E-state index in [9.17, 15) is 14.4 Å². The minimum Gasteiger partial charge on any atom is -0.465 e. The van der Waals surface area contributed by atoms with Crippen LogP contribution in [0.15, 0.2) is 15.3 Å². The number of amides is 1. The molecule has 1 amide bonds. The first-order valence-corrected chi connectivity index (χ1v) is 8.73. The molecule has 0 saturated carbocycles. The van der Waals surface area contributed by atoms with Crippen molar-refractivity contribution in [1.82, 2.24) is 9.88 Å². The first kappa shape index (κ1) is 21.0. The molecule has 28 heavy (non-hydrogen) atoms. The summed E-state index contributed by atoms with van der Waals surface area (Å²) < 4.78 is 10.2. The van der Waals surface area contributed by atoms with Crippen LogP contribution in [0.25, 0.3) is 0 Å². The van der Waals surface area contributed by atoms with Gasteiger partial charge in [-0.1, -0.05) is 0 Å². The highest BCUT2D eigenvalue weighted by atomic mass is 16.5. The molecule has 1 N–H and O–H groups in total. The van der Waals surface area contributed by atoms with Crippen molar-refractivity contribution in [1.29, 1.82) is 5.26 Å². The summed E-state index contributed by atoms with van der Waals surface area (Å²) in [5, 5.41) is 9.14. The van der Waals surface area contributed by atoms with E-state index >= 15 is 0 Å². The van der Waals surface area contributed by atoms with Gasteiger partial charge in [-0.2, -0.15) is 5.26 Å². The molecule has 0 radical (unpaired) electrons. The number of rotatable bonds is 6. The van der Waals surface area contributed by atoms with Gasteiger partial charge >= 0.3 is 5.97 Å². The van der Waals surface area contributed by atoms with Gasteiger partial charge in [0.25, 0.3) is 5.56 Å². The maximum atomic E-state index is 12.5. The van der Waals surface area contributed by atoms with Crippen LogP contribution < -0.4 is 5.56 Å². The van der Waals surface area contributed by atoms with Crippen molar-refractivity contribution in [2.45, 2.75) is 40.2 Å². The molecule has 0 aromatic carbocycles.